The van der Waals surface area contributed by atoms with Crippen LogP contribution in [0.2, 0.25) is 0 Å². The zero-order chi connectivity index (χ0) is 31.4. The van der Waals surface area contributed by atoms with Crippen molar-refractivity contribution >= 4 is 60.6 Å². The Hall–Kier alpha value is -5.08. The molecule has 0 aromatic heterocycles. The number of hydrogen-bond acceptors (Lipinski definition) is 0. The molecule has 47 heavy (non-hydrogen) atoms. The standard InChI is InChI=1S/C45H39BO/c1-47-43-22-12-11-21-42(43)44(35-16-3-2-4-17-35)45(39-24-23-32-13-5-8-18-36(32)29-39)46(47,40-27-25-33-14-6-9-19-37(33)30-40)41-28-26-34-15-7-10-20-38(34)31-41/h5-15,18-31,35H,2-4,16-17H2,1H3. The van der Waals surface area contributed by atoms with Gasteiger partial charge < -0.3 is 4.28 Å². The van der Waals surface area contributed by atoms with Crippen molar-refractivity contribution in [1.82, 2.24) is 0 Å². The zero-order valence-corrected chi connectivity index (χ0v) is 27.0. The predicted molar refractivity (Wildman–Crippen MR) is 203 cm³/mol. The highest BCUT2D eigenvalue weighted by atomic mass is 16.6. The highest BCUT2D eigenvalue weighted by Gasteiger charge is 2.52. The highest BCUT2D eigenvalue weighted by molar-refractivity contribution is 7.13. The molecule has 0 unspecified atom stereocenters. The largest absolute Gasteiger partial charge is 0.810 e. The van der Waals surface area contributed by atoms with Crippen LogP contribution >= 0.6 is 0 Å². The van der Waals surface area contributed by atoms with Crippen LogP contribution in [0, 0.1) is 5.92 Å². The Morgan fingerprint density at radius 3 is 1.57 bits per heavy atom. The fourth-order valence-corrected chi connectivity index (χ4v) is 9.13. The van der Waals surface area contributed by atoms with Crippen molar-refractivity contribution in [3.05, 3.63) is 163 Å². The minimum Gasteiger partial charge on any atom is -0.810 e. The summed E-state index contributed by atoms with van der Waals surface area (Å²) in [6, 6.07) is 57.3. The molecular formula is C45H39BO. The summed E-state index contributed by atoms with van der Waals surface area (Å²) in [7, 11) is 2.28. The fraction of sp³-hybridized carbons (Fsp3) is 0.156. The van der Waals surface area contributed by atoms with Crippen molar-refractivity contribution < 1.29 is 4.28 Å². The van der Waals surface area contributed by atoms with Crippen molar-refractivity contribution in [3.8, 4) is 5.75 Å². The van der Waals surface area contributed by atoms with E-state index in [-0.39, 0.29) is 0 Å². The van der Waals surface area contributed by atoms with Crippen LogP contribution < -0.4 is 10.9 Å². The van der Waals surface area contributed by atoms with Gasteiger partial charge in [-0.2, -0.15) is 0 Å². The van der Waals surface area contributed by atoms with Gasteiger partial charge in [0.05, 0.1) is 5.56 Å². The fourth-order valence-electron chi connectivity index (χ4n) is 9.13. The minimum absolute atomic E-state index is 0.503. The van der Waals surface area contributed by atoms with Gasteiger partial charge >= 0.3 is 6.35 Å². The van der Waals surface area contributed by atoms with Gasteiger partial charge in [-0.3, -0.25) is 0 Å². The molecule has 2 heteroatoms. The maximum atomic E-state index is 3.87. The van der Waals surface area contributed by atoms with Gasteiger partial charge in [-0.1, -0.05) is 164 Å². The third-order valence-electron chi connectivity index (χ3n) is 11.3. The summed E-state index contributed by atoms with van der Waals surface area (Å²) in [4.78, 5) is 0. The molecule has 1 aliphatic heterocycles. The quantitative estimate of drug-likeness (QED) is 0.139. The highest BCUT2D eigenvalue weighted by Crippen LogP contribution is 2.54. The van der Waals surface area contributed by atoms with E-state index in [9.17, 15) is 0 Å². The Bertz CT molecular complexity index is 2250. The van der Waals surface area contributed by atoms with E-state index in [2.05, 4.69) is 163 Å². The van der Waals surface area contributed by atoms with Crippen LogP contribution in [0.5, 0.6) is 5.75 Å². The lowest BCUT2D eigenvalue weighted by atomic mass is 9.24. The van der Waals surface area contributed by atoms with Crippen LogP contribution in [0.3, 0.4) is 0 Å². The third kappa shape index (κ3) is 4.46. The van der Waals surface area contributed by atoms with Crippen LogP contribution in [0.25, 0.3) is 43.4 Å². The lowest BCUT2D eigenvalue weighted by Crippen LogP contribution is -2.66. The van der Waals surface area contributed by atoms with Crippen molar-refractivity contribution in [1.29, 1.82) is 0 Å². The van der Waals surface area contributed by atoms with E-state index in [1.54, 1.807) is 5.57 Å². The number of allylic oxidation sites excluding steroid dienone is 1. The summed E-state index contributed by atoms with van der Waals surface area (Å²) in [5, 5.41) is 7.66. The van der Waals surface area contributed by atoms with E-state index < -0.39 is 6.35 Å². The summed E-state index contributed by atoms with van der Waals surface area (Å²) in [5.41, 5.74) is 8.35. The topological polar surface area (TPSA) is 2.70 Å². The van der Waals surface area contributed by atoms with Gasteiger partial charge in [-0.15, -0.1) is 10.9 Å². The molecule has 7 aromatic rings. The molecule has 0 N–H and O–H groups in total. The van der Waals surface area contributed by atoms with Gasteiger partial charge in [0.15, 0.2) is 0 Å². The number of benzene rings is 7. The second kappa shape index (κ2) is 11.3. The van der Waals surface area contributed by atoms with Gasteiger partial charge in [0.2, 0.25) is 5.75 Å². The van der Waals surface area contributed by atoms with Gasteiger partial charge in [0.25, 0.3) is 0 Å². The van der Waals surface area contributed by atoms with Gasteiger partial charge in [0, 0.05) is 6.07 Å². The first-order chi connectivity index (χ1) is 23.2. The summed E-state index contributed by atoms with van der Waals surface area (Å²) in [6.45, 7) is 0. The Morgan fingerprint density at radius 1 is 0.489 bits per heavy atom. The van der Waals surface area contributed by atoms with E-state index in [1.165, 1.54) is 97.7 Å². The summed E-state index contributed by atoms with van der Waals surface area (Å²) in [5.74, 6) is 1.75. The summed E-state index contributed by atoms with van der Waals surface area (Å²) in [6.07, 6.45) is 4.66. The van der Waals surface area contributed by atoms with Crippen molar-refractivity contribution in [3.63, 3.8) is 0 Å². The van der Waals surface area contributed by atoms with E-state index in [1.807, 2.05) is 0 Å². The molecule has 1 aliphatic carbocycles. The van der Waals surface area contributed by atoms with Crippen LogP contribution in [0.1, 0.15) is 43.2 Å². The molecule has 0 amide bonds. The number of hydrogen-bond donors (Lipinski definition) is 0. The SMILES string of the molecule is C[O+]1c2ccccc2C(C2CCCCC2)=C(c2ccc3ccccc3c2)[B-]1(c1ccc2ccccc2c1)c1ccc2ccccc2c1. The second-order valence-electron chi connectivity index (χ2n) is 13.8. The maximum absolute atomic E-state index is 3.87. The molecule has 0 radical (unpaired) electrons. The molecule has 0 bridgehead atoms. The molecule has 1 heterocycles. The normalized spacial score (nSPS) is 16.6. The molecule has 2 aliphatic rings. The zero-order valence-electron chi connectivity index (χ0n) is 27.0. The lowest BCUT2D eigenvalue weighted by Gasteiger charge is -2.56. The van der Waals surface area contributed by atoms with Crippen LogP contribution in [0.15, 0.2) is 152 Å². The monoisotopic (exact) mass is 606 g/mol. The van der Waals surface area contributed by atoms with E-state index >= 15 is 0 Å². The number of rotatable bonds is 4. The first-order valence-electron chi connectivity index (χ1n) is 17.3. The molecule has 7 aromatic carbocycles. The molecule has 0 atom stereocenters. The third-order valence-corrected chi connectivity index (χ3v) is 11.3. The summed E-state index contributed by atoms with van der Waals surface area (Å²) >= 11 is 0. The summed E-state index contributed by atoms with van der Waals surface area (Å²) < 4.78 is 3.87. The van der Waals surface area contributed by atoms with E-state index in [4.69, 9.17) is 0 Å². The molecule has 1 fully saturated rings. The Balaban J connectivity index is 1.48. The molecular weight excluding hydrogens is 567 g/mol. The Kier molecular flexibility index (Phi) is 6.78. The van der Waals surface area contributed by atoms with E-state index in [0.717, 1.165) is 0 Å². The molecule has 0 spiro atoms. The average molecular weight is 607 g/mol. The molecule has 1 saturated carbocycles. The van der Waals surface area contributed by atoms with Gasteiger partial charge in [-0.25, -0.2) is 0 Å². The average Bonchev–Trinajstić information content (AvgIpc) is 3.14. The van der Waals surface area contributed by atoms with Gasteiger partial charge in [0.1, 0.15) is 7.11 Å². The molecule has 9 rings (SSSR count). The second-order valence-corrected chi connectivity index (χ2v) is 13.8. The van der Waals surface area contributed by atoms with E-state index in [0.29, 0.717) is 5.92 Å². The lowest BCUT2D eigenvalue weighted by molar-refractivity contribution is 0.173. The number of fused-ring (bicyclic) bond motifs is 4. The first kappa shape index (κ1) is 28.2. The first-order valence-corrected chi connectivity index (χ1v) is 17.3. The smallest absolute Gasteiger partial charge is 0.414 e. The predicted octanol–water partition coefficient (Wildman–Crippen LogP) is 10.8. The molecule has 1 nitrogen and oxygen atoms in total. The van der Waals surface area contributed by atoms with Crippen LogP contribution in [0.4, 0.5) is 0 Å². The number of para-hydroxylation sites is 1. The minimum atomic E-state index is -1.71. The van der Waals surface area contributed by atoms with Crippen molar-refractivity contribution in [2.24, 2.45) is 5.92 Å². The Morgan fingerprint density at radius 2 is 0.979 bits per heavy atom. The van der Waals surface area contributed by atoms with Gasteiger partial charge in [-0.05, 0) is 68.8 Å². The Labute approximate surface area is 277 Å². The maximum Gasteiger partial charge on any atom is 0.414 e. The van der Waals surface area contributed by atoms with Crippen LogP contribution in [-0.2, 0) is 4.28 Å². The van der Waals surface area contributed by atoms with Crippen molar-refractivity contribution in [2.45, 2.75) is 32.1 Å². The molecule has 0 saturated heterocycles. The molecule has 228 valence electrons. The van der Waals surface area contributed by atoms with Crippen molar-refractivity contribution in [2.75, 3.05) is 7.11 Å². The van der Waals surface area contributed by atoms with Crippen LogP contribution in [-0.4, -0.2) is 13.5 Å².